The fourth-order valence-corrected chi connectivity index (χ4v) is 3.35. The number of fused-ring (bicyclic) bond motifs is 1. The highest BCUT2D eigenvalue weighted by Crippen LogP contribution is 2.46. The van der Waals surface area contributed by atoms with E-state index in [1.165, 1.54) is 6.07 Å². The molecule has 0 spiro atoms. The summed E-state index contributed by atoms with van der Waals surface area (Å²) in [6.07, 6.45) is -0.571. The molecule has 1 fully saturated rings. The second-order valence-corrected chi connectivity index (χ2v) is 9.34. The predicted molar refractivity (Wildman–Crippen MR) is 99.8 cm³/mol. The highest BCUT2D eigenvalue weighted by Gasteiger charge is 2.50. The molecular weight excluding hydrogens is 349 g/mol. The van der Waals surface area contributed by atoms with Gasteiger partial charge in [-0.2, -0.15) is 0 Å². The van der Waals surface area contributed by atoms with E-state index in [-0.39, 0.29) is 11.9 Å². The lowest BCUT2D eigenvalue weighted by Crippen LogP contribution is -2.41. The van der Waals surface area contributed by atoms with Gasteiger partial charge in [-0.15, -0.1) is 0 Å². The first-order valence-electron chi connectivity index (χ1n) is 9.44. The van der Waals surface area contributed by atoms with Crippen molar-refractivity contribution in [2.75, 3.05) is 6.54 Å². The zero-order valence-electron chi connectivity index (χ0n) is 17.3. The molecule has 1 amide bonds. The van der Waals surface area contributed by atoms with Crippen LogP contribution in [0.3, 0.4) is 0 Å². The van der Waals surface area contributed by atoms with Gasteiger partial charge in [0.1, 0.15) is 11.4 Å². The third-order valence-corrected chi connectivity index (χ3v) is 5.53. The summed E-state index contributed by atoms with van der Waals surface area (Å²) < 4.78 is 32.3. The molecule has 1 aromatic rings. The summed E-state index contributed by atoms with van der Waals surface area (Å²) in [6, 6.07) is 3.16. The number of amides is 1. The number of hydrogen-bond acceptors (Lipinski definition) is 4. The number of carbonyl (C=O) groups is 1. The molecule has 1 saturated heterocycles. The molecule has 2 aliphatic heterocycles. The first-order valence-corrected chi connectivity index (χ1v) is 9.44. The van der Waals surface area contributed by atoms with E-state index in [1.54, 1.807) is 11.0 Å². The Morgan fingerprint density at radius 3 is 2.33 bits per heavy atom. The van der Waals surface area contributed by atoms with Crippen LogP contribution in [0.1, 0.15) is 71.4 Å². The summed E-state index contributed by atoms with van der Waals surface area (Å²) in [6.45, 7) is 14.2. The van der Waals surface area contributed by atoms with E-state index in [0.717, 1.165) is 11.1 Å². The molecule has 27 heavy (non-hydrogen) atoms. The molecule has 3 rings (SSSR count). The fourth-order valence-electron chi connectivity index (χ4n) is 3.35. The summed E-state index contributed by atoms with van der Waals surface area (Å²) in [4.78, 5) is 14.0. The van der Waals surface area contributed by atoms with Gasteiger partial charge in [0.15, 0.2) is 6.29 Å². The summed E-state index contributed by atoms with van der Waals surface area (Å²) in [5.41, 5.74) is 0.601. The smallest absolute Gasteiger partial charge is 0.410 e. The number of benzene rings is 1. The van der Waals surface area contributed by atoms with Crippen LogP contribution in [0.15, 0.2) is 12.1 Å². The molecular formula is C21H30FNO4. The summed E-state index contributed by atoms with van der Waals surface area (Å²) in [5, 5.41) is 0. The van der Waals surface area contributed by atoms with Crippen LogP contribution >= 0.6 is 0 Å². The molecule has 0 radical (unpaired) electrons. The number of halogens is 1. The van der Waals surface area contributed by atoms with Gasteiger partial charge < -0.3 is 19.1 Å². The zero-order valence-corrected chi connectivity index (χ0v) is 17.3. The maximum atomic E-state index is 14.7. The average Bonchev–Trinajstić information content (AvgIpc) is 2.72. The Morgan fingerprint density at radius 2 is 1.78 bits per heavy atom. The Bertz CT molecular complexity index is 735. The average molecular weight is 379 g/mol. The number of hydrogen-bond donors (Lipinski definition) is 0. The molecule has 0 bridgehead atoms. The maximum Gasteiger partial charge on any atom is 0.410 e. The third kappa shape index (κ3) is 3.83. The highest BCUT2D eigenvalue weighted by atomic mass is 19.1. The third-order valence-electron chi connectivity index (χ3n) is 5.53. The molecule has 6 heteroatoms. The van der Waals surface area contributed by atoms with Crippen molar-refractivity contribution in [1.82, 2.24) is 4.90 Å². The van der Waals surface area contributed by atoms with Crippen molar-refractivity contribution in [3.8, 4) is 0 Å². The molecule has 0 atom stereocenters. The Morgan fingerprint density at radius 1 is 1.19 bits per heavy atom. The van der Waals surface area contributed by atoms with Gasteiger partial charge in [-0.05, 0) is 72.1 Å². The Kier molecular flexibility index (Phi) is 4.80. The van der Waals surface area contributed by atoms with Crippen LogP contribution in [0.25, 0.3) is 0 Å². The lowest BCUT2D eigenvalue weighted by Gasteiger charge is -2.32. The largest absolute Gasteiger partial charge is 0.444 e. The summed E-state index contributed by atoms with van der Waals surface area (Å²) in [5.74, 6) is -0.335. The van der Waals surface area contributed by atoms with Crippen LogP contribution in [-0.4, -0.2) is 34.3 Å². The van der Waals surface area contributed by atoms with Crippen molar-refractivity contribution in [3.05, 3.63) is 34.6 Å². The van der Waals surface area contributed by atoms with Crippen molar-refractivity contribution in [1.29, 1.82) is 0 Å². The minimum Gasteiger partial charge on any atom is -0.444 e. The Balaban J connectivity index is 1.87. The van der Waals surface area contributed by atoms with Gasteiger partial charge in [0, 0.05) is 18.7 Å². The molecule has 150 valence electrons. The number of ether oxygens (including phenoxy) is 3. The van der Waals surface area contributed by atoms with Crippen LogP contribution in [0.4, 0.5) is 9.18 Å². The lowest BCUT2D eigenvalue weighted by atomic mass is 9.90. The van der Waals surface area contributed by atoms with E-state index < -0.39 is 23.1 Å². The van der Waals surface area contributed by atoms with Crippen LogP contribution < -0.4 is 0 Å². The van der Waals surface area contributed by atoms with Gasteiger partial charge in [0.05, 0.1) is 11.2 Å². The Hall–Kier alpha value is -1.66. The first kappa shape index (κ1) is 20.1. The molecule has 2 aliphatic rings. The van der Waals surface area contributed by atoms with Crippen molar-refractivity contribution in [2.45, 2.75) is 84.5 Å². The number of rotatable bonds is 1. The maximum absolute atomic E-state index is 14.7. The van der Waals surface area contributed by atoms with Crippen molar-refractivity contribution >= 4 is 6.09 Å². The van der Waals surface area contributed by atoms with Crippen LogP contribution in [0.5, 0.6) is 0 Å². The fraction of sp³-hybridized carbons (Fsp3) is 0.667. The summed E-state index contributed by atoms with van der Waals surface area (Å²) in [7, 11) is 0. The number of nitrogens with zero attached hydrogens (tertiary/aromatic N) is 1. The topological polar surface area (TPSA) is 48.0 Å². The second-order valence-electron chi connectivity index (χ2n) is 9.34. The standard InChI is InChI=1S/C21H30FNO4/c1-19(2,3)27-18(24)23-11-10-14-13(12-23)8-9-15(22)16(14)17-25-20(4,5)21(6,7)26-17/h8-9,17H,10-12H2,1-7H3. The van der Waals surface area contributed by atoms with Crippen LogP contribution in [-0.2, 0) is 27.2 Å². The molecule has 2 heterocycles. The quantitative estimate of drug-likeness (QED) is 0.708. The van der Waals surface area contributed by atoms with E-state index in [2.05, 4.69) is 0 Å². The van der Waals surface area contributed by atoms with Crippen LogP contribution in [0.2, 0.25) is 0 Å². The zero-order chi connectivity index (χ0) is 20.2. The van der Waals surface area contributed by atoms with Crippen molar-refractivity contribution in [3.63, 3.8) is 0 Å². The Labute approximate surface area is 160 Å². The van der Waals surface area contributed by atoms with Gasteiger partial charge in [-0.25, -0.2) is 9.18 Å². The van der Waals surface area contributed by atoms with Crippen LogP contribution in [0, 0.1) is 5.82 Å². The number of carbonyl (C=O) groups excluding carboxylic acids is 1. The minimum absolute atomic E-state index is 0.335. The highest BCUT2D eigenvalue weighted by molar-refractivity contribution is 5.68. The van der Waals surface area contributed by atoms with E-state index >= 15 is 0 Å². The minimum atomic E-state index is -0.752. The monoisotopic (exact) mass is 379 g/mol. The SMILES string of the molecule is CC(C)(C)OC(=O)N1CCc2c(ccc(F)c2C2OC(C)(C)C(C)(C)O2)C1. The van der Waals surface area contributed by atoms with E-state index in [0.29, 0.717) is 25.1 Å². The second kappa shape index (κ2) is 6.45. The molecule has 0 unspecified atom stereocenters. The van der Waals surface area contributed by atoms with Gasteiger partial charge >= 0.3 is 6.09 Å². The summed E-state index contributed by atoms with van der Waals surface area (Å²) >= 11 is 0. The van der Waals surface area contributed by atoms with E-state index in [1.807, 2.05) is 48.5 Å². The van der Waals surface area contributed by atoms with Gasteiger partial charge in [0.25, 0.3) is 0 Å². The molecule has 0 aromatic heterocycles. The van der Waals surface area contributed by atoms with E-state index in [9.17, 15) is 9.18 Å². The lowest BCUT2D eigenvalue weighted by molar-refractivity contribution is -0.0921. The first-order chi connectivity index (χ1) is 12.3. The molecule has 5 nitrogen and oxygen atoms in total. The normalized spacial score (nSPS) is 21.9. The van der Waals surface area contributed by atoms with Gasteiger partial charge in [-0.3, -0.25) is 0 Å². The predicted octanol–water partition coefficient (Wildman–Crippen LogP) is 4.72. The molecule has 1 aromatic carbocycles. The van der Waals surface area contributed by atoms with Crippen molar-refractivity contribution in [2.24, 2.45) is 0 Å². The van der Waals surface area contributed by atoms with Crippen molar-refractivity contribution < 1.29 is 23.4 Å². The molecule has 0 saturated carbocycles. The molecule has 0 aliphatic carbocycles. The van der Waals surface area contributed by atoms with Gasteiger partial charge in [0.2, 0.25) is 0 Å². The van der Waals surface area contributed by atoms with E-state index in [4.69, 9.17) is 14.2 Å². The molecule has 0 N–H and O–H groups in total. The van der Waals surface area contributed by atoms with Gasteiger partial charge in [-0.1, -0.05) is 6.07 Å².